The van der Waals surface area contributed by atoms with Gasteiger partial charge in [0, 0.05) is 41.5 Å². The van der Waals surface area contributed by atoms with Gasteiger partial charge in [-0.2, -0.15) is 0 Å². The minimum atomic E-state index is 0.845. The van der Waals surface area contributed by atoms with E-state index in [0.717, 1.165) is 12.1 Å². The van der Waals surface area contributed by atoms with Crippen LogP contribution in [0.3, 0.4) is 0 Å². The lowest BCUT2D eigenvalue weighted by Gasteiger charge is -2.45. The summed E-state index contributed by atoms with van der Waals surface area (Å²) in [6.07, 6.45) is 5.60. The molecule has 3 heteroatoms. The number of piperidine rings is 2. The fourth-order valence-corrected chi connectivity index (χ4v) is 3.55. The van der Waals surface area contributed by atoms with Crippen molar-refractivity contribution in [3.63, 3.8) is 0 Å². The summed E-state index contributed by atoms with van der Waals surface area (Å²) in [5.41, 5.74) is 0. The molecule has 0 bridgehead atoms. The summed E-state index contributed by atoms with van der Waals surface area (Å²) in [7, 11) is 2.28. The van der Waals surface area contributed by atoms with Gasteiger partial charge in [-0.05, 0) is 39.3 Å². The maximum absolute atomic E-state index is 2.55. The highest BCUT2D eigenvalue weighted by Gasteiger charge is 2.34. The van der Waals surface area contributed by atoms with Crippen LogP contribution < -0.4 is 0 Å². The number of likely N-dealkylation sites (tertiary alicyclic amines) is 1. The lowest BCUT2D eigenvalue weighted by Crippen LogP contribution is -2.54. The first-order chi connectivity index (χ1) is 5.79. The van der Waals surface area contributed by atoms with E-state index in [-0.39, 0.29) is 0 Å². The Morgan fingerprint density at radius 1 is 1.08 bits per heavy atom. The molecule has 2 rings (SSSR count). The van der Waals surface area contributed by atoms with Crippen LogP contribution in [0.1, 0.15) is 25.7 Å². The van der Waals surface area contributed by atoms with E-state index >= 15 is 0 Å². The molecule has 2 fully saturated rings. The van der Waals surface area contributed by atoms with Crippen molar-refractivity contribution in [3.05, 3.63) is 0 Å². The second-order valence-corrected chi connectivity index (χ2v) is 5.26. The van der Waals surface area contributed by atoms with Gasteiger partial charge >= 0.3 is 0 Å². The van der Waals surface area contributed by atoms with E-state index < -0.39 is 0 Å². The Bertz CT molecular complexity index is 145. The number of nitrogens with zero attached hydrogens (tertiary/aromatic N) is 2. The second kappa shape index (κ2) is 3.80. The van der Waals surface area contributed by atoms with Crippen molar-refractivity contribution in [2.24, 2.45) is 0 Å². The van der Waals surface area contributed by atoms with Crippen LogP contribution in [0.15, 0.2) is 0 Å². The fourth-order valence-electron chi connectivity index (χ4n) is 2.56. The van der Waals surface area contributed by atoms with Crippen molar-refractivity contribution in [1.82, 2.24) is 8.01 Å². The summed E-state index contributed by atoms with van der Waals surface area (Å²) in [5.74, 6) is 0. The lowest BCUT2D eigenvalue weighted by molar-refractivity contribution is 0.0787. The van der Waals surface area contributed by atoms with Crippen molar-refractivity contribution >= 4 is 22.9 Å². The van der Waals surface area contributed by atoms with Crippen molar-refractivity contribution in [1.29, 1.82) is 0 Å². The van der Waals surface area contributed by atoms with Crippen LogP contribution in [0.5, 0.6) is 0 Å². The summed E-state index contributed by atoms with van der Waals surface area (Å²) in [6.45, 7) is 2.61. The van der Waals surface area contributed by atoms with Gasteiger partial charge in [-0.1, -0.05) is 0 Å². The molecule has 70 valence electrons. The monoisotopic (exact) mass is 280 g/mol. The number of hydrogen-bond donors (Lipinski definition) is 0. The Kier molecular flexibility index (Phi) is 2.92. The molecule has 0 aromatic heterocycles. The fraction of sp³-hybridized carbons (Fsp3) is 1.00. The normalized spacial score (nSPS) is 39.5. The zero-order valence-electron chi connectivity index (χ0n) is 7.67. The minimum Gasteiger partial charge on any atom is -0.302 e. The van der Waals surface area contributed by atoms with E-state index in [2.05, 4.69) is 37.9 Å². The predicted molar refractivity (Wildman–Crippen MR) is 59.4 cm³/mol. The highest BCUT2D eigenvalue weighted by atomic mass is 127. The van der Waals surface area contributed by atoms with Gasteiger partial charge in [-0.3, -0.25) is 0 Å². The number of hydrogen-bond acceptors (Lipinski definition) is 2. The topological polar surface area (TPSA) is 6.48 Å². The van der Waals surface area contributed by atoms with Crippen molar-refractivity contribution in [2.75, 3.05) is 20.1 Å². The van der Waals surface area contributed by atoms with Crippen LogP contribution in [-0.2, 0) is 0 Å². The summed E-state index contributed by atoms with van der Waals surface area (Å²) in [4.78, 5) is 2.55. The average molecular weight is 280 g/mol. The number of halogens is 1. The first-order valence-corrected chi connectivity index (χ1v) is 5.88. The predicted octanol–water partition coefficient (Wildman–Crippen LogP) is 1.89. The van der Waals surface area contributed by atoms with Gasteiger partial charge in [-0.15, -0.1) is 0 Å². The van der Waals surface area contributed by atoms with E-state index in [0.29, 0.717) is 0 Å². The summed E-state index contributed by atoms with van der Waals surface area (Å²) in [5, 5.41) is 0. The standard InChI is InChI=1S/C9H17IN2/c1-11-6-2-5-9-8(11)4-3-7-12(9)10/h8-9H,2-7H2,1H3. The van der Waals surface area contributed by atoms with Gasteiger partial charge in [0.05, 0.1) is 0 Å². The van der Waals surface area contributed by atoms with Crippen LogP contribution in [0, 0.1) is 0 Å². The highest BCUT2D eigenvalue weighted by molar-refractivity contribution is 14.1. The molecule has 2 atom stereocenters. The number of rotatable bonds is 0. The third-order valence-corrected chi connectivity index (χ3v) is 4.45. The smallest absolute Gasteiger partial charge is 0.0350 e. The van der Waals surface area contributed by atoms with E-state index in [1.54, 1.807) is 0 Å². The molecular weight excluding hydrogens is 263 g/mol. The van der Waals surface area contributed by atoms with Gasteiger partial charge in [0.15, 0.2) is 0 Å². The largest absolute Gasteiger partial charge is 0.302 e. The highest BCUT2D eigenvalue weighted by Crippen LogP contribution is 2.30. The molecule has 2 nitrogen and oxygen atoms in total. The first kappa shape index (κ1) is 9.21. The molecule has 0 saturated carbocycles. The van der Waals surface area contributed by atoms with E-state index in [4.69, 9.17) is 0 Å². The molecule has 0 amide bonds. The Morgan fingerprint density at radius 3 is 2.50 bits per heavy atom. The molecule has 2 unspecified atom stereocenters. The maximum Gasteiger partial charge on any atom is 0.0350 e. The number of fused-ring (bicyclic) bond motifs is 1. The van der Waals surface area contributed by atoms with Crippen LogP contribution in [-0.4, -0.2) is 40.2 Å². The Labute approximate surface area is 88.8 Å². The maximum atomic E-state index is 2.55. The molecule has 2 heterocycles. The molecule has 0 radical (unpaired) electrons. The van der Waals surface area contributed by atoms with Crippen LogP contribution in [0.25, 0.3) is 0 Å². The second-order valence-electron chi connectivity index (χ2n) is 4.02. The Balaban J connectivity index is 2.05. The van der Waals surface area contributed by atoms with Crippen molar-refractivity contribution in [3.8, 4) is 0 Å². The third-order valence-electron chi connectivity index (χ3n) is 3.25. The molecule has 0 aliphatic carbocycles. The van der Waals surface area contributed by atoms with Gasteiger partial charge in [0.2, 0.25) is 0 Å². The third kappa shape index (κ3) is 1.63. The Morgan fingerprint density at radius 2 is 1.75 bits per heavy atom. The summed E-state index contributed by atoms with van der Waals surface area (Å²) < 4.78 is 2.53. The molecule has 2 saturated heterocycles. The molecule has 0 spiro atoms. The number of likely N-dealkylation sites (N-methyl/N-ethyl adjacent to an activating group) is 1. The van der Waals surface area contributed by atoms with Gasteiger partial charge in [0.1, 0.15) is 0 Å². The molecule has 0 aromatic carbocycles. The van der Waals surface area contributed by atoms with E-state index in [1.807, 2.05) is 0 Å². The van der Waals surface area contributed by atoms with Crippen LogP contribution >= 0.6 is 22.9 Å². The molecule has 0 N–H and O–H groups in total. The Hall–Kier alpha value is 0.650. The minimum absolute atomic E-state index is 0.845. The summed E-state index contributed by atoms with van der Waals surface area (Å²) in [6, 6.07) is 1.70. The molecular formula is C9H17IN2. The molecule has 2 aliphatic heterocycles. The first-order valence-electron chi connectivity index (χ1n) is 4.91. The lowest BCUT2D eigenvalue weighted by atomic mass is 9.90. The molecule has 0 aromatic rings. The molecule has 12 heavy (non-hydrogen) atoms. The quantitative estimate of drug-likeness (QED) is 0.494. The SMILES string of the molecule is CN1CCCC2C1CCCN2I. The van der Waals surface area contributed by atoms with Crippen LogP contribution in [0.4, 0.5) is 0 Å². The zero-order chi connectivity index (χ0) is 8.55. The molecule has 2 aliphatic rings. The van der Waals surface area contributed by atoms with Crippen molar-refractivity contribution in [2.45, 2.75) is 37.8 Å². The van der Waals surface area contributed by atoms with Gasteiger partial charge in [-0.25, -0.2) is 3.11 Å². The van der Waals surface area contributed by atoms with Crippen molar-refractivity contribution < 1.29 is 0 Å². The summed E-state index contributed by atoms with van der Waals surface area (Å²) >= 11 is 2.51. The van der Waals surface area contributed by atoms with Crippen LogP contribution in [0.2, 0.25) is 0 Å². The van der Waals surface area contributed by atoms with Gasteiger partial charge in [0.25, 0.3) is 0 Å². The average Bonchev–Trinajstić information content (AvgIpc) is 2.07. The van der Waals surface area contributed by atoms with E-state index in [9.17, 15) is 0 Å². The van der Waals surface area contributed by atoms with E-state index in [1.165, 1.54) is 38.8 Å². The zero-order valence-corrected chi connectivity index (χ0v) is 9.83. The van der Waals surface area contributed by atoms with Gasteiger partial charge < -0.3 is 4.90 Å².